The Labute approximate surface area is 261 Å². The Morgan fingerprint density at radius 1 is 0.860 bits per heavy atom. The molecule has 0 aromatic heterocycles. The summed E-state index contributed by atoms with van der Waals surface area (Å²) in [6, 6.07) is 13.5. The second-order valence-corrected chi connectivity index (χ2v) is 14.0. The fourth-order valence-corrected chi connectivity index (χ4v) is 7.07. The van der Waals surface area contributed by atoms with E-state index in [4.69, 9.17) is 25.8 Å². The lowest BCUT2D eigenvalue weighted by molar-refractivity contribution is -0.119. The van der Waals surface area contributed by atoms with E-state index in [2.05, 4.69) is 32.6 Å². The molecule has 2 aromatic rings. The lowest BCUT2D eigenvalue weighted by Crippen LogP contribution is -2.44. The summed E-state index contributed by atoms with van der Waals surface area (Å²) in [5.41, 5.74) is 5.06. The Morgan fingerprint density at radius 3 is 2.07 bits per heavy atom. The predicted molar refractivity (Wildman–Crippen MR) is 169 cm³/mol. The van der Waals surface area contributed by atoms with E-state index in [1.54, 1.807) is 7.11 Å². The topological polar surface area (TPSA) is 65.1 Å². The molecular weight excluding hydrogens is 562 g/mol. The minimum atomic E-state index is -0.437. The molecule has 3 aliphatic rings. The Hall–Kier alpha value is -3.09. The summed E-state index contributed by atoms with van der Waals surface area (Å²) in [7, 11) is 1.71. The second kappa shape index (κ2) is 12.5. The molecule has 230 valence electrons. The van der Waals surface area contributed by atoms with Crippen LogP contribution in [0.2, 0.25) is 5.02 Å². The number of Topliss-reactive ketones (excluding diaryl/α,β-unsaturated/α-hetero) is 2. The monoisotopic (exact) mass is 605 g/mol. The summed E-state index contributed by atoms with van der Waals surface area (Å²) in [4.78, 5) is 30.4. The third kappa shape index (κ3) is 6.56. The van der Waals surface area contributed by atoms with E-state index in [1.807, 2.05) is 49.4 Å². The highest BCUT2D eigenvalue weighted by molar-refractivity contribution is 6.31. The van der Waals surface area contributed by atoms with Gasteiger partial charge in [0.15, 0.2) is 23.1 Å². The number of carbonyl (C=O) groups is 2. The van der Waals surface area contributed by atoms with Crippen molar-refractivity contribution >= 4 is 23.2 Å². The molecule has 7 heteroatoms. The quantitative estimate of drug-likeness (QED) is 0.255. The summed E-state index contributed by atoms with van der Waals surface area (Å²) in [5.74, 6) is 0.986. The van der Waals surface area contributed by atoms with Crippen molar-refractivity contribution < 1.29 is 23.8 Å². The average molecular weight is 606 g/mol. The van der Waals surface area contributed by atoms with Crippen LogP contribution < -0.4 is 9.47 Å². The second-order valence-electron chi connectivity index (χ2n) is 13.6. The molecule has 0 spiro atoms. The summed E-state index contributed by atoms with van der Waals surface area (Å²) in [6.07, 6.45) is 3.27. The largest absolute Gasteiger partial charge is 0.490 e. The van der Waals surface area contributed by atoms with Crippen LogP contribution >= 0.6 is 11.6 Å². The highest BCUT2D eigenvalue weighted by Crippen LogP contribution is 2.55. The van der Waals surface area contributed by atoms with Gasteiger partial charge in [0.1, 0.15) is 6.61 Å². The molecular formula is C36H44ClNO5. The maximum atomic E-state index is 14.1. The predicted octanol–water partition coefficient (Wildman–Crippen LogP) is 8.04. The van der Waals surface area contributed by atoms with Crippen LogP contribution in [-0.4, -0.2) is 43.3 Å². The van der Waals surface area contributed by atoms with Crippen LogP contribution in [0.4, 0.5) is 0 Å². The standard InChI is InChI=1S/C36H44ClNO5/c1-7-42-31-17-23(13-14-30(31)43-22-24-11-8-9-12-25(24)37)32-33-26(18-35(2,3)20-28(33)39)38(15-10-16-41-6)27-19-36(4,5)21-29(40)34(27)32/h8-9,11-14,17,32H,7,10,15-16,18-22H2,1-6H3. The van der Waals surface area contributed by atoms with Crippen molar-refractivity contribution in [1.29, 1.82) is 0 Å². The van der Waals surface area contributed by atoms with Gasteiger partial charge in [0.05, 0.1) is 6.61 Å². The molecule has 2 aromatic carbocycles. The molecule has 6 nitrogen and oxygen atoms in total. The van der Waals surface area contributed by atoms with Crippen LogP contribution in [0.25, 0.3) is 0 Å². The van der Waals surface area contributed by atoms with Gasteiger partial charge in [-0.15, -0.1) is 0 Å². The van der Waals surface area contributed by atoms with Crippen molar-refractivity contribution in [2.45, 2.75) is 79.2 Å². The molecule has 5 rings (SSSR count). The molecule has 1 heterocycles. The Kier molecular flexibility index (Phi) is 9.10. The fourth-order valence-electron chi connectivity index (χ4n) is 6.88. The maximum Gasteiger partial charge on any atom is 0.162 e. The maximum absolute atomic E-state index is 14.1. The number of halogens is 1. The highest BCUT2D eigenvalue weighted by atomic mass is 35.5. The van der Waals surface area contributed by atoms with Gasteiger partial charge < -0.3 is 19.1 Å². The first-order valence-corrected chi connectivity index (χ1v) is 15.7. The number of carbonyl (C=O) groups excluding carboxylic acids is 2. The van der Waals surface area contributed by atoms with E-state index >= 15 is 0 Å². The minimum Gasteiger partial charge on any atom is -0.490 e. The Balaban J connectivity index is 1.63. The van der Waals surface area contributed by atoms with Crippen LogP contribution in [0, 0.1) is 10.8 Å². The van der Waals surface area contributed by atoms with Crippen LogP contribution in [-0.2, 0) is 20.9 Å². The van der Waals surface area contributed by atoms with E-state index < -0.39 is 5.92 Å². The zero-order valence-corrected chi connectivity index (χ0v) is 27.1. The van der Waals surface area contributed by atoms with Gasteiger partial charge in [-0.2, -0.15) is 0 Å². The fraction of sp³-hybridized carbons (Fsp3) is 0.500. The van der Waals surface area contributed by atoms with Crippen LogP contribution in [0.1, 0.15) is 83.8 Å². The smallest absolute Gasteiger partial charge is 0.162 e. The van der Waals surface area contributed by atoms with E-state index in [9.17, 15) is 9.59 Å². The van der Waals surface area contributed by atoms with Gasteiger partial charge in [0.2, 0.25) is 0 Å². The van der Waals surface area contributed by atoms with Gasteiger partial charge in [0, 0.05) is 72.1 Å². The summed E-state index contributed by atoms with van der Waals surface area (Å²) < 4.78 is 17.7. The van der Waals surface area contributed by atoms with Crippen LogP contribution in [0.15, 0.2) is 65.0 Å². The number of allylic oxidation sites excluding steroid dienone is 4. The minimum absolute atomic E-state index is 0.120. The SMILES string of the molecule is CCOc1cc(C2C3=C(CC(C)(C)CC3=O)N(CCCOC)C3=C2C(=O)CC(C)(C)C3)ccc1OCc1ccccc1Cl. The van der Waals surface area contributed by atoms with E-state index in [0.717, 1.165) is 52.9 Å². The third-order valence-corrected chi connectivity index (χ3v) is 9.06. The summed E-state index contributed by atoms with van der Waals surface area (Å²) in [5, 5.41) is 0.644. The van der Waals surface area contributed by atoms with Crippen molar-refractivity contribution in [3.63, 3.8) is 0 Å². The average Bonchev–Trinajstić information content (AvgIpc) is 2.92. The summed E-state index contributed by atoms with van der Waals surface area (Å²) >= 11 is 6.37. The molecule has 0 saturated carbocycles. The lowest BCUT2D eigenvalue weighted by Gasteiger charge is -2.49. The zero-order valence-electron chi connectivity index (χ0n) is 26.3. The van der Waals surface area contributed by atoms with Crippen molar-refractivity contribution in [2.75, 3.05) is 26.9 Å². The van der Waals surface area contributed by atoms with E-state index in [1.165, 1.54) is 0 Å². The number of hydrogen-bond acceptors (Lipinski definition) is 6. The molecule has 0 unspecified atom stereocenters. The zero-order chi connectivity index (χ0) is 30.9. The molecule has 0 atom stereocenters. The van der Waals surface area contributed by atoms with Crippen molar-refractivity contribution in [2.24, 2.45) is 10.8 Å². The molecule has 0 saturated heterocycles. The van der Waals surface area contributed by atoms with Gasteiger partial charge in [-0.25, -0.2) is 0 Å². The molecule has 0 amide bonds. The van der Waals surface area contributed by atoms with Crippen molar-refractivity contribution in [1.82, 2.24) is 4.90 Å². The van der Waals surface area contributed by atoms with Gasteiger partial charge in [0.25, 0.3) is 0 Å². The molecule has 0 bridgehead atoms. The number of nitrogens with zero attached hydrogens (tertiary/aromatic N) is 1. The molecule has 0 fully saturated rings. The number of ether oxygens (including phenoxy) is 3. The molecule has 0 N–H and O–H groups in total. The number of benzene rings is 2. The van der Waals surface area contributed by atoms with E-state index in [0.29, 0.717) is 55.7 Å². The van der Waals surface area contributed by atoms with Gasteiger partial charge in [-0.05, 0) is 60.8 Å². The first-order valence-electron chi connectivity index (χ1n) is 15.4. The Morgan fingerprint density at radius 2 is 1.49 bits per heavy atom. The molecule has 43 heavy (non-hydrogen) atoms. The number of hydrogen-bond donors (Lipinski definition) is 0. The number of methoxy groups -OCH3 is 1. The van der Waals surface area contributed by atoms with Crippen LogP contribution in [0.5, 0.6) is 11.5 Å². The number of rotatable bonds is 10. The first-order chi connectivity index (χ1) is 20.4. The van der Waals surface area contributed by atoms with Crippen molar-refractivity contribution in [3.05, 3.63) is 81.2 Å². The Bertz CT molecular complexity index is 1420. The first kappa shape index (κ1) is 31.3. The lowest BCUT2D eigenvalue weighted by atomic mass is 9.63. The van der Waals surface area contributed by atoms with Crippen LogP contribution in [0.3, 0.4) is 0 Å². The van der Waals surface area contributed by atoms with Gasteiger partial charge in [-0.1, -0.05) is 63.6 Å². The summed E-state index contributed by atoms with van der Waals surface area (Å²) in [6.45, 7) is 12.7. The van der Waals surface area contributed by atoms with Crippen molar-refractivity contribution in [3.8, 4) is 11.5 Å². The van der Waals surface area contributed by atoms with Gasteiger partial charge >= 0.3 is 0 Å². The number of ketones is 2. The highest BCUT2D eigenvalue weighted by Gasteiger charge is 2.49. The van der Waals surface area contributed by atoms with Gasteiger partial charge in [-0.3, -0.25) is 9.59 Å². The van der Waals surface area contributed by atoms with E-state index in [-0.39, 0.29) is 22.4 Å². The molecule has 2 aliphatic carbocycles. The third-order valence-electron chi connectivity index (χ3n) is 8.69. The molecule has 1 aliphatic heterocycles. The molecule has 0 radical (unpaired) electrons. The normalized spacial score (nSPS) is 19.8.